The Labute approximate surface area is 122 Å². The lowest BCUT2D eigenvalue weighted by molar-refractivity contribution is 0.592. The minimum atomic E-state index is -3.87. The van der Waals surface area contributed by atoms with Gasteiger partial charge in [-0.1, -0.05) is 0 Å². The molecule has 0 amide bonds. The standard InChI is InChI=1S/C13H17FN4O2S/c14-12-9-11(21(15,19)20)3-4-13(12)17-5-1-2-7-18-8-6-16-10-18/h3-4,6,8-10,17H,1-2,5,7H2,(H2,15,19,20). The molecule has 0 fully saturated rings. The first-order valence-corrected chi connectivity index (χ1v) is 8.03. The molecule has 0 aliphatic heterocycles. The van der Waals surface area contributed by atoms with E-state index >= 15 is 0 Å². The molecule has 0 saturated heterocycles. The van der Waals surface area contributed by atoms with Gasteiger partial charge >= 0.3 is 0 Å². The van der Waals surface area contributed by atoms with Crippen molar-refractivity contribution < 1.29 is 12.8 Å². The van der Waals surface area contributed by atoms with E-state index in [0.29, 0.717) is 6.54 Å². The summed E-state index contributed by atoms with van der Waals surface area (Å²) in [6, 6.07) is 3.58. The number of aryl methyl sites for hydroxylation is 1. The number of aromatic nitrogens is 2. The van der Waals surface area contributed by atoms with Crippen LogP contribution in [-0.2, 0) is 16.6 Å². The first kappa shape index (κ1) is 15.5. The Bertz CT molecular complexity index is 686. The molecular weight excluding hydrogens is 295 g/mol. The molecule has 0 aliphatic carbocycles. The quantitative estimate of drug-likeness (QED) is 0.759. The van der Waals surface area contributed by atoms with Gasteiger partial charge < -0.3 is 9.88 Å². The highest BCUT2D eigenvalue weighted by Gasteiger charge is 2.11. The molecule has 1 heterocycles. The van der Waals surface area contributed by atoms with E-state index in [0.717, 1.165) is 25.5 Å². The van der Waals surface area contributed by atoms with E-state index < -0.39 is 15.8 Å². The Balaban J connectivity index is 1.81. The molecule has 2 aromatic rings. The zero-order chi connectivity index (χ0) is 15.3. The number of anilines is 1. The Morgan fingerprint density at radius 2 is 2.14 bits per heavy atom. The van der Waals surface area contributed by atoms with Crippen LogP contribution >= 0.6 is 0 Å². The Morgan fingerprint density at radius 3 is 2.76 bits per heavy atom. The fourth-order valence-electron chi connectivity index (χ4n) is 1.88. The number of hydrogen-bond acceptors (Lipinski definition) is 4. The highest BCUT2D eigenvalue weighted by Crippen LogP contribution is 2.18. The fourth-order valence-corrected chi connectivity index (χ4v) is 2.40. The molecule has 114 valence electrons. The molecular formula is C13H17FN4O2S. The second-order valence-electron chi connectivity index (χ2n) is 4.62. The Hall–Kier alpha value is -1.93. The first-order chi connectivity index (χ1) is 9.97. The van der Waals surface area contributed by atoms with Gasteiger partial charge in [-0.05, 0) is 31.0 Å². The molecule has 0 spiro atoms. The summed E-state index contributed by atoms with van der Waals surface area (Å²) in [6.45, 7) is 1.45. The van der Waals surface area contributed by atoms with Gasteiger partial charge in [-0.3, -0.25) is 0 Å². The van der Waals surface area contributed by atoms with Gasteiger partial charge in [-0.25, -0.2) is 22.9 Å². The van der Waals surface area contributed by atoms with Gasteiger partial charge in [0.2, 0.25) is 10.0 Å². The smallest absolute Gasteiger partial charge is 0.238 e. The van der Waals surface area contributed by atoms with Crippen molar-refractivity contribution in [1.29, 1.82) is 0 Å². The second-order valence-corrected chi connectivity index (χ2v) is 6.18. The van der Waals surface area contributed by atoms with Crippen molar-refractivity contribution in [2.24, 2.45) is 5.14 Å². The van der Waals surface area contributed by atoms with E-state index in [-0.39, 0.29) is 10.6 Å². The summed E-state index contributed by atoms with van der Waals surface area (Å²) in [5, 5.41) is 7.88. The maximum absolute atomic E-state index is 13.7. The normalized spacial score (nSPS) is 11.5. The number of halogens is 1. The monoisotopic (exact) mass is 312 g/mol. The molecule has 0 bridgehead atoms. The number of nitrogens with one attached hydrogen (secondary N) is 1. The van der Waals surface area contributed by atoms with Gasteiger partial charge in [-0.2, -0.15) is 0 Å². The molecule has 0 aliphatic rings. The van der Waals surface area contributed by atoms with Gasteiger partial charge in [0.05, 0.1) is 16.9 Å². The van der Waals surface area contributed by atoms with Crippen LogP contribution in [0.25, 0.3) is 0 Å². The summed E-state index contributed by atoms with van der Waals surface area (Å²) >= 11 is 0. The van der Waals surface area contributed by atoms with Crippen LogP contribution in [0.15, 0.2) is 41.8 Å². The van der Waals surface area contributed by atoms with E-state index in [2.05, 4.69) is 10.3 Å². The van der Waals surface area contributed by atoms with Crippen molar-refractivity contribution in [2.75, 3.05) is 11.9 Å². The van der Waals surface area contributed by atoms with Crippen LogP contribution in [0.5, 0.6) is 0 Å². The zero-order valence-corrected chi connectivity index (χ0v) is 12.2. The van der Waals surface area contributed by atoms with E-state index in [1.54, 1.807) is 12.5 Å². The topological polar surface area (TPSA) is 90.0 Å². The molecule has 21 heavy (non-hydrogen) atoms. The maximum atomic E-state index is 13.7. The van der Waals surface area contributed by atoms with E-state index in [1.165, 1.54) is 12.1 Å². The van der Waals surface area contributed by atoms with Crippen LogP contribution in [0.1, 0.15) is 12.8 Å². The number of imidazole rings is 1. The minimum Gasteiger partial charge on any atom is -0.383 e. The largest absolute Gasteiger partial charge is 0.383 e. The third-order valence-electron chi connectivity index (χ3n) is 2.99. The van der Waals surface area contributed by atoms with Crippen LogP contribution in [0.4, 0.5) is 10.1 Å². The van der Waals surface area contributed by atoms with Crippen molar-refractivity contribution in [3.05, 3.63) is 42.7 Å². The Morgan fingerprint density at radius 1 is 1.33 bits per heavy atom. The summed E-state index contributed by atoms with van der Waals surface area (Å²) in [4.78, 5) is 3.72. The number of benzene rings is 1. The minimum absolute atomic E-state index is 0.231. The van der Waals surface area contributed by atoms with Gasteiger partial charge in [0, 0.05) is 25.5 Å². The molecule has 6 nitrogen and oxygen atoms in total. The van der Waals surface area contributed by atoms with Gasteiger partial charge in [-0.15, -0.1) is 0 Å². The molecule has 3 N–H and O–H groups in total. The number of unbranched alkanes of at least 4 members (excludes halogenated alkanes) is 1. The number of rotatable bonds is 7. The van der Waals surface area contributed by atoms with Gasteiger partial charge in [0.1, 0.15) is 5.82 Å². The van der Waals surface area contributed by atoms with Crippen molar-refractivity contribution in [2.45, 2.75) is 24.3 Å². The summed E-state index contributed by atoms with van der Waals surface area (Å²) in [5.41, 5.74) is 0.269. The number of primary sulfonamides is 1. The average Bonchev–Trinajstić information content (AvgIpc) is 2.92. The maximum Gasteiger partial charge on any atom is 0.238 e. The molecule has 2 rings (SSSR count). The molecule has 8 heteroatoms. The molecule has 1 aromatic heterocycles. The SMILES string of the molecule is NS(=O)(=O)c1ccc(NCCCCn2ccnc2)c(F)c1. The molecule has 0 radical (unpaired) electrons. The van der Waals surface area contributed by atoms with Gasteiger partial charge in [0.15, 0.2) is 0 Å². The molecule has 0 saturated carbocycles. The number of sulfonamides is 1. The van der Waals surface area contributed by atoms with Crippen LogP contribution < -0.4 is 10.5 Å². The van der Waals surface area contributed by atoms with Crippen molar-refractivity contribution in [1.82, 2.24) is 9.55 Å². The lowest BCUT2D eigenvalue weighted by atomic mass is 10.2. The predicted molar refractivity (Wildman–Crippen MR) is 77.7 cm³/mol. The highest BCUT2D eigenvalue weighted by atomic mass is 32.2. The van der Waals surface area contributed by atoms with Crippen LogP contribution in [0.2, 0.25) is 0 Å². The molecule has 0 atom stereocenters. The van der Waals surface area contributed by atoms with E-state index in [4.69, 9.17) is 5.14 Å². The summed E-state index contributed by atoms with van der Waals surface area (Å²) in [5.74, 6) is -0.629. The second kappa shape index (κ2) is 6.68. The lowest BCUT2D eigenvalue weighted by Gasteiger charge is -2.08. The lowest BCUT2D eigenvalue weighted by Crippen LogP contribution is -2.13. The van der Waals surface area contributed by atoms with E-state index in [9.17, 15) is 12.8 Å². The summed E-state index contributed by atoms with van der Waals surface area (Å²) in [6.07, 6.45) is 7.15. The number of nitrogens with two attached hydrogens (primary N) is 1. The molecule has 0 unspecified atom stereocenters. The van der Waals surface area contributed by atoms with E-state index in [1.807, 2.05) is 10.8 Å². The van der Waals surface area contributed by atoms with Crippen LogP contribution in [0, 0.1) is 5.82 Å². The number of nitrogens with zero attached hydrogens (tertiary/aromatic N) is 2. The zero-order valence-electron chi connectivity index (χ0n) is 11.4. The highest BCUT2D eigenvalue weighted by molar-refractivity contribution is 7.89. The first-order valence-electron chi connectivity index (χ1n) is 6.49. The third kappa shape index (κ3) is 4.54. The third-order valence-corrected chi connectivity index (χ3v) is 3.90. The van der Waals surface area contributed by atoms with Crippen molar-refractivity contribution >= 4 is 15.7 Å². The Kier molecular flexibility index (Phi) is 4.92. The number of hydrogen-bond donors (Lipinski definition) is 2. The van der Waals surface area contributed by atoms with Crippen molar-refractivity contribution in [3.8, 4) is 0 Å². The fraction of sp³-hybridized carbons (Fsp3) is 0.308. The van der Waals surface area contributed by atoms with Crippen molar-refractivity contribution in [3.63, 3.8) is 0 Å². The summed E-state index contributed by atoms with van der Waals surface area (Å²) < 4.78 is 37.9. The van der Waals surface area contributed by atoms with Crippen LogP contribution in [0.3, 0.4) is 0 Å². The average molecular weight is 312 g/mol. The predicted octanol–water partition coefficient (Wildman–Crippen LogP) is 1.56. The summed E-state index contributed by atoms with van der Waals surface area (Å²) in [7, 11) is -3.87. The van der Waals surface area contributed by atoms with Gasteiger partial charge in [0.25, 0.3) is 0 Å². The molecule has 1 aromatic carbocycles. The van der Waals surface area contributed by atoms with Crippen LogP contribution in [-0.4, -0.2) is 24.5 Å².